The Hall–Kier alpha value is -4.44. The molecule has 4 aromatic rings. The van der Waals surface area contributed by atoms with E-state index in [1.165, 1.54) is 0 Å². The second-order valence-corrected chi connectivity index (χ2v) is 11.5. The third kappa shape index (κ3) is 6.12. The van der Waals surface area contributed by atoms with E-state index in [1.807, 2.05) is 41.1 Å². The first kappa shape index (κ1) is 29.6. The minimum absolute atomic E-state index is 0.105. The van der Waals surface area contributed by atoms with E-state index in [0.29, 0.717) is 25.2 Å². The Labute approximate surface area is 257 Å². The van der Waals surface area contributed by atoms with E-state index < -0.39 is 5.97 Å². The molecule has 10 heteroatoms. The number of fused-ring (bicyclic) bond motifs is 1. The topological polar surface area (TPSA) is 99.0 Å². The molecule has 44 heavy (non-hydrogen) atoms. The molecule has 2 fully saturated rings. The quantitative estimate of drug-likeness (QED) is 0.235. The van der Waals surface area contributed by atoms with Crippen molar-refractivity contribution in [2.75, 3.05) is 50.9 Å². The molecule has 6 rings (SSSR count). The van der Waals surface area contributed by atoms with Crippen molar-refractivity contribution in [1.29, 1.82) is 0 Å². The maximum Gasteiger partial charge on any atom is 0.410 e. The second kappa shape index (κ2) is 13.1. The van der Waals surface area contributed by atoms with Gasteiger partial charge in [-0.1, -0.05) is 56.3 Å². The van der Waals surface area contributed by atoms with Crippen LogP contribution in [0.2, 0.25) is 0 Å². The Kier molecular flexibility index (Phi) is 8.79. The van der Waals surface area contributed by atoms with Crippen molar-refractivity contribution in [3.63, 3.8) is 0 Å². The van der Waals surface area contributed by atoms with E-state index in [9.17, 15) is 9.59 Å². The average Bonchev–Trinajstić information content (AvgIpc) is 3.70. The van der Waals surface area contributed by atoms with Crippen LogP contribution in [0, 0.1) is 0 Å². The number of carbonyl (C=O) groups excluding carboxylic acids is 2. The number of esters is 1. The molecule has 0 bridgehead atoms. The van der Waals surface area contributed by atoms with Gasteiger partial charge in [-0.05, 0) is 54.2 Å². The lowest BCUT2D eigenvalue weighted by atomic mass is 9.97. The van der Waals surface area contributed by atoms with Gasteiger partial charge in [-0.3, -0.25) is 0 Å². The smallest absolute Gasteiger partial charge is 0.410 e. The molecule has 1 atom stereocenters. The summed E-state index contributed by atoms with van der Waals surface area (Å²) in [6.45, 7) is 10.6. The molecule has 2 aliphatic rings. The van der Waals surface area contributed by atoms with Crippen LogP contribution in [0.1, 0.15) is 60.9 Å². The minimum Gasteiger partial charge on any atom is -0.461 e. The number of amides is 1. The van der Waals surface area contributed by atoms with Gasteiger partial charge in [0, 0.05) is 31.9 Å². The third-order valence-corrected chi connectivity index (χ3v) is 8.25. The first-order valence-corrected chi connectivity index (χ1v) is 15.4. The Morgan fingerprint density at radius 2 is 1.75 bits per heavy atom. The van der Waals surface area contributed by atoms with Crippen molar-refractivity contribution in [1.82, 2.24) is 19.7 Å². The Morgan fingerprint density at radius 1 is 1.00 bits per heavy atom. The monoisotopic (exact) mass is 597 g/mol. The summed E-state index contributed by atoms with van der Waals surface area (Å²) in [6.07, 6.45) is 0.349. The standard InChI is InChI=1S/C34H39N5O5/c1-4-43-33(40)29-20-28(25-10-12-26(13-11-25)37-16-18-42-19-17-37)30-31(23(2)3)36-39(32(30)35-29)27-14-15-38(21-27)34(41)44-22-24-8-6-5-7-9-24/h5-13,20,23,27H,4,14-19,21-22H2,1-3H3. The van der Waals surface area contributed by atoms with Gasteiger partial charge in [0.25, 0.3) is 0 Å². The van der Waals surface area contributed by atoms with Crippen molar-refractivity contribution in [2.45, 2.75) is 45.8 Å². The molecule has 2 aromatic carbocycles. The molecule has 2 aliphatic heterocycles. The van der Waals surface area contributed by atoms with Gasteiger partial charge in [0.05, 0.1) is 36.9 Å². The Morgan fingerprint density at radius 3 is 2.45 bits per heavy atom. The number of hydrogen-bond acceptors (Lipinski definition) is 8. The minimum atomic E-state index is -0.475. The van der Waals surface area contributed by atoms with Crippen LogP contribution in [0.5, 0.6) is 0 Å². The predicted octanol–water partition coefficient (Wildman–Crippen LogP) is 5.82. The maximum absolute atomic E-state index is 13.0. The van der Waals surface area contributed by atoms with Gasteiger partial charge in [0.1, 0.15) is 6.61 Å². The Balaban J connectivity index is 1.34. The zero-order valence-corrected chi connectivity index (χ0v) is 25.6. The molecule has 4 heterocycles. The predicted molar refractivity (Wildman–Crippen MR) is 168 cm³/mol. The highest BCUT2D eigenvalue weighted by Gasteiger charge is 2.32. The molecule has 1 amide bonds. The van der Waals surface area contributed by atoms with Crippen molar-refractivity contribution in [3.8, 4) is 11.1 Å². The summed E-state index contributed by atoms with van der Waals surface area (Å²) in [7, 11) is 0. The van der Waals surface area contributed by atoms with Gasteiger partial charge in [-0.2, -0.15) is 5.10 Å². The summed E-state index contributed by atoms with van der Waals surface area (Å²) in [6, 6.07) is 19.8. The fourth-order valence-corrected chi connectivity index (χ4v) is 5.95. The zero-order chi connectivity index (χ0) is 30.6. The van der Waals surface area contributed by atoms with Crippen LogP contribution < -0.4 is 4.90 Å². The summed E-state index contributed by atoms with van der Waals surface area (Å²) >= 11 is 0. The summed E-state index contributed by atoms with van der Waals surface area (Å²) in [5.41, 5.74) is 5.70. The first-order chi connectivity index (χ1) is 21.4. The summed E-state index contributed by atoms with van der Waals surface area (Å²) in [4.78, 5) is 34.9. The number of likely N-dealkylation sites (tertiary alicyclic amines) is 1. The lowest BCUT2D eigenvalue weighted by molar-refractivity contribution is 0.0519. The Bertz CT molecular complexity index is 1610. The second-order valence-electron chi connectivity index (χ2n) is 11.5. The third-order valence-electron chi connectivity index (χ3n) is 8.25. The molecule has 0 aliphatic carbocycles. The largest absolute Gasteiger partial charge is 0.461 e. The van der Waals surface area contributed by atoms with Crippen molar-refractivity contribution in [2.24, 2.45) is 0 Å². The van der Waals surface area contributed by atoms with Crippen LogP contribution in [-0.4, -0.2) is 77.7 Å². The van der Waals surface area contributed by atoms with E-state index in [2.05, 4.69) is 43.0 Å². The van der Waals surface area contributed by atoms with Crippen LogP contribution in [0.3, 0.4) is 0 Å². The number of carbonyl (C=O) groups is 2. The molecular weight excluding hydrogens is 558 g/mol. The highest BCUT2D eigenvalue weighted by molar-refractivity contribution is 6.00. The van der Waals surface area contributed by atoms with E-state index in [0.717, 1.165) is 59.8 Å². The number of nitrogens with zero attached hydrogens (tertiary/aromatic N) is 5. The lowest BCUT2D eigenvalue weighted by Crippen LogP contribution is -2.36. The summed E-state index contributed by atoms with van der Waals surface area (Å²) in [5.74, 6) is -0.370. The van der Waals surface area contributed by atoms with E-state index in [-0.39, 0.29) is 37.0 Å². The molecule has 0 radical (unpaired) electrons. The van der Waals surface area contributed by atoms with Crippen LogP contribution in [-0.2, 0) is 20.8 Å². The molecule has 10 nitrogen and oxygen atoms in total. The van der Waals surface area contributed by atoms with Gasteiger partial charge < -0.3 is 24.0 Å². The van der Waals surface area contributed by atoms with E-state index in [4.69, 9.17) is 24.3 Å². The van der Waals surface area contributed by atoms with Crippen LogP contribution in [0.4, 0.5) is 10.5 Å². The molecule has 0 saturated carbocycles. The maximum atomic E-state index is 13.0. The first-order valence-electron chi connectivity index (χ1n) is 15.4. The van der Waals surface area contributed by atoms with Gasteiger partial charge in [-0.25, -0.2) is 19.3 Å². The summed E-state index contributed by atoms with van der Waals surface area (Å²) in [5, 5.41) is 6.00. The lowest BCUT2D eigenvalue weighted by Gasteiger charge is -2.29. The average molecular weight is 598 g/mol. The number of rotatable bonds is 8. The van der Waals surface area contributed by atoms with Crippen LogP contribution in [0.15, 0.2) is 60.7 Å². The highest BCUT2D eigenvalue weighted by atomic mass is 16.6. The van der Waals surface area contributed by atoms with Gasteiger partial charge >= 0.3 is 12.1 Å². The van der Waals surface area contributed by atoms with Gasteiger partial charge in [0.15, 0.2) is 11.3 Å². The zero-order valence-electron chi connectivity index (χ0n) is 25.6. The van der Waals surface area contributed by atoms with Gasteiger partial charge in [0.2, 0.25) is 0 Å². The normalized spacial score (nSPS) is 17.0. The molecule has 2 saturated heterocycles. The molecule has 2 aromatic heterocycles. The number of benzene rings is 2. The molecule has 0 spiro atoms. The number of hydrogen-bond donors (Lipinski definition) is 0. The van der Waals surface area contributed by atoms with Gasteiger partial charge in [-0.15, -0.1) is 0 Å². The van der Waals surface area contributed by atoms with Crippen molar-refractivity contribution < 1.29 is 23.8 Å². The van der Waals surface area contributed by atoms with Crippen molar-refractivity contribution >= 4 is 28.8 Å². The fourth-order valence-electron chi connectivity index (χ4n) is 5.95. The SMILES string of the molecule is CCOC(=O)c1cc(-c2ccc(N3CCOCC3)cc2)c2c(C(C)C)nn(C3CCN(C(=O)OCc4ccccc4)C3)c2n1. The molecule has 0 N–H and O–H groups in total. The van der Waals surface area contributed by atoms with E-state index in [1.54, 1.807) is 11.8 Å². The van der Waals surface area contributed by atoms with Crippen molar-refractivity contribution in [3.05, 3.63) is 77.6 Å². The number of ether oxygens (including phenoxy) is 3. The number of aromatic nitrogens is 3. The number of anilines is 1. The van der Waals surface area contributed by atoms with E-state index >= 15 is 0 Å². The number of morpholine rings is 1. The summed E-state index contributed by atoms with van der Waals surface area (Å²) < 4.78 is 18.4. The fraction of sp³-hybridized carbons (Fsp3) is 0.412. The molecular formula is C34H39N5O5. The molecule has 230 valence electrons. The number of pyridine rings is 1. The molecule has 1 unspecified atom stereocenters. The van der Waals surface area contributed by atoms with Crippen LogP contribution in [0.25, 0.3) is 22.2 Å². The van der Waals surface area contributed by atoms with Crippen LogP contribution >= 0.6 is 0 Å². The highest BCUT2D eigenvalue weighted by Crippen LogP contribution is 2.37.